The van der Waals surface area contributed by atoms with Crippen molar-refractivity contribution in [2.45, 2.75) is 25.4 Å². The van der Waals surface area contributed by atoms with E-state index in [1.54, 1.807) is 0 Å². The molecule has 0 bridgehead atoms. The van der Waals surface area contributed by atoms with Crippen molar-refractivity contribution in [3.05, 3.63) is 6.33 Å². The predicted octanol–water partition coefficient (Wildman–Crippen LogP) is 0.385. The van der Waals surface area contributed by atoms with Crippen LogP contribution in [0.25, 0.3) is 0 Å². The normalized spacial score (nSPS) is 11.0. The van der Waals surface area contributed by atoms with Gasteiger partial charge in [-0.3, -0.25) is 0 Å². The molecule has 0 radical (unpaired) electrons. The van der Waals surface area contributed by atoms with Crippen LogP contribution in [0.4, 0.5) is 4.79 Å². The molecule has 0 saturated heterocycles. The first-order chi connectivity index (χ1) is 8.96. The highest BCUT2D eigenvalue weighted by molar-refractivity contribution is 7.91. The van der Waals surface area contributed by atoms with Gasteiger partial charge in [0.25, 0.3) is 5.16 Å². The lowest BCUT2D eigenvalue weighted by Gasteiger charge is -2.18. The predicted molar refractivity (Wildman–Crippen MR) is 69.2 cm³/mol. The van der Waals surface area contributed by atoms with Crippen molar-refractivity contribution in [2.24, 2.45) is 0 Å². The molecule has 0 fully saturated rings. The lowest BCUT2D eigenvalue weighted by atomic mass is 10.4. The molecule has 0 N–H and O–H groups in total. The summed E-state index contributed by atoms with van der Waals surface area (Å²) in [6.45, 7) is 4.01. The van der Waals surface area contributed by atoms with Gasteiger partial charge in [0.05, 0.1) is 12.3 Å². The molecule has 19 heavy (non-hydrogen) atoms. The summed E-state index contributed by atoms with van der Waals surface area (Å²) in [5.41, 5.74) is 0. The van der Waals surface area contributed by atoms with E-state index in [-0.39, 0.29) is 17.5 Å². The molecule has 0 aliphatic carbocycles. The number of hydrogen-bond donors (Lipinski definition) is 0. The van der Waals surface area contributed by atoms with Gasteiger partial charge < -0.3 is 4.90 Å². The molecule has 1 aromatic rings. The van der Waals surface area contributed by atoms with Gasteiger partial charge in [-0.15, -0.1) is 11.5 Å². The summed E-state index contributed by atoms with van der Waals surface area (Å²) >= 11 is 0. The lowest BCUT2D eigenvalue weighted by molar-refractivity contribution is 0.202. The second-order valence-corrected chi connectivity index (χ2v) is 5.96. The second-order valence-electron chi connectivity index (χ2n) is 3.78. The largest absolute Gasteiger partial charge is 0.346 e. The molecule has 8 heteroatoms. The number of hydrogen-bond acceptors (Lipinski definition) is 5. The summed E-state index contributed by atoms with van der Waals surface area (Å²) in [6, 6.07) is -0.482. The first-order valence-electron chi connectivity index (χ1n) is 5.83. The fraction of sp³-hybridized carbons (Fsp3) is 0.545. The summed E-state index contributed by atoms with van der Waals surface area (Å²) in [7, 11) is -3.52. The number of carbonyl (C=O) groups excluding carboxylic acids is 1. The summed E-state index contributed by atoms with van der Waals surface area (Å²) in [5.74, 6) is 2.26. The Labute approximate surface area is 112 Å². The highest BCUT2D eigenvalue weighted by atomic mass is 32.2. The van der Waals surface area contributed by atoms with Crippen LogP contribution < -0.4 is 0 Å². The average molecular weight is 284 g/mol. The summed E-state index contributed by atoms with van der Waals surface area (Å²) < 4.78 is 24.0. The zero-order chi connectivity index (χ0) is 14.5. The van der Waals surface area contributed by atoms with E-state index in [1.807, 2.05) is 6.92 Å². The van der Waals surface area contributed by atoms with Gasteiger partial charge >= 0.3 is 6.03 Å². The van der Waals surface area contributed by atoms with Crippen LogP contribution in [0.5, 0.6) is 0 Å². The van der Waals surface area contributed by atoms with Crippen LogP contribution in [-0.2, 0) is 9.84 Å². The molecule has 1 aromatic heterocycles. The van der Waals surface area contributed by atoms with E-state index in [4.69, 9.17) is 6.42 Å². The molecule has 104 valence electrons. The molecular weight excluding hydrogens is 268 g/mol. The number of carbonyl (C=O) groups is 1. The van der Waals surface area contributed by atoms with Crippen molar-refractivity contribution in [1.29, 1.82) is 0 Å². The number of aromatic nitrogens is 3. The smallest absolute Gasteiger partial charge is 0.312 e. The SMILES string of the molecule is C#CCN(CCC)C(=O)n1cnc(S(=O)(=O)CC)n1. The topological polar surface area (TPSA) is 85.2 Å². The van der Waals surface area contributed by atoms with E-state index in [0.717, 1.165) is 17.4 Å². The molecule has 1 heterocycles. The van der Waals surface area contributed by atoms with Crippen LogP contribution in [0.1, 0.15) is 20.3 Å². The van der Waals surface area contributed by atoms with Crippen molar-refractivity contribution in [3.63, 3.8) is 0 Å². The Balaban J connectivity index is 2.98. The number of nitrogens with zero attached hydrogens (tertiary/aromatic N) is 4. The fourth-order valence-electron chi connectivity index (χ4n) is 1.38. The van der Waals surface area contributed by atoms with Crippen molar-refractivity contribution in [3.8, 4) is 12.3 Å². The molecule has 0 aliphatic rings. The van der Waals surface area contributed by atoms with Gasteiger partial charge in [0.15, 0.2) is 0 Å². The number of amides is 1. The molecule has 0 aromatic carbocycles. The van der Waals surface area contributed by atoms with E-state index in [9.17, 15) is 13.2 Å². The third-order valence-electron chi connectivity index (χ3n) is 2.37. The molecule has 7 nitrogen and oxygen atoms in total. The fourth-order valence-corrected chi connectivity index (χ4v) is 2.06. The number of sulfone groups is 1. The maximum Gasteiger partial charge on any atom is 0.346 e. The van der Waals surface area contributed by atoms with Crippen molar-refractivity contribution >= 4 is 15.9 Å². The van der Waals surface area contributed by atoms with Crippen molar-refractivity contribution in [1.82, 2.24) is 19.7 Å². The van der Waals surface area contributed by atoms with E-state index >= 15 is 0 Å². The lowest BCUT2D eigenvalue weighted by Crippen LogP contribution is -2.36. The third-order valence-corrected chi connectivity index (χ3v) is 3.87. The first kappa shape index (κ1) is 15.2. The summed E-state index contributed by atoms with van der Waals surface area (Å²) in [5, 5.41) is 3.35. The highest BCUT2D eigenvalue weighted by Gasteiger charge is 2.21. The van der Waals surface area contributed by atoms with Gasteiger partial charge in [0.1, 0.15) is 6.33 Å². The van der Waals surface area contributed by atoms with E-state index in [2.05, 4.69) is 16.0 Å². The van der Waals surface area contributed by atoms with Crippen LogP contribution in [0, 0.1) is 12.3 Å². The summed E-state index contributed by atoms with van der Waals surface area (Å²) in [4.78, 5) is 17.1. The van der Waals surface area contributed by atoms with Crippen LogP contribution in [0.3, 0.4) is 0 Å². The van der Waals surface area contributed by atoms with Gasteiger partial charge in [-0.25, -0.2) is 18.2 Å². The molecule has 0 unspecified atom stereocenters. The molecule has 0 atom stereocenters. The van der Waals surface area contributed by atoms with Crippen LogP contribution >= 0.6 is 0 Å². The second kappa shape index (κ2) is 6.33. The van der Waals surface area contributed by atoms with Crippen molar-refractivity contribution in [2.75, 3.05) is 18.8 Å². The van der Waals surface area contributed by atoms with Crippen molar-refractivity contribution < 1.29 is 13.2 Å². The van der Waals surface area contributed by atoms with E-state index < -0.39 is 15.9 Å². The van der Waals surface area contributed by atoms with E-state index in [0.29, 0.717) is 6.54 Å². The minimum absolute atomic E-state index is 0.117. The molecular formula is C11H16N4O3S. The Kier molecular flexibility index (Phi) is 5.06. The first-order valence-corrected chi connectivity index (χ1v) is 7.48. The Morgan fingerprint density at radius 1 is 1.53 bits per heavy atom. The van der Waals surface area contributed by atoms with Gasteiger partial charge in [-0.1, -0.05) is 19.8 Å². The van der Waals surface area contributed by atoms with Gasteiger partial charge in [0, 0.05) is 6.54 Å². The van der Waals surface area contributed by atoms with Gasteiger partial charge in [-0.05, 0) is 6.42 Å². The minimum atomic E-state index is -3.52. The van der Waals surface area contributed by atoms with E-state index in [1.165, 1.54) is 11.8 Å². The molecule has 0 spiro atoms. The van der Waals surface area contributed by atoms with Crippen LogP contribution in [0.15, 0.2) is 11.5 Å². The standard InChI is InChI=1S/C11H16N4O3S/c1-4-7-14(8-5-2)11(16)15-9-12-10(13-15)19(17,18)6-3/h1,9H,5-8H2,2-3H3. The quantitative estimate of drug-likeness (QED) is 0.730. The maximum atomic E-state index is 12.0. The van der Waals surface area contributed by atoms with Gasteiger partial charge in [0.2, 0.25) is 9.84 Å². The molecule has 0 saturated carbocycles. The Morgan fingerprint density at radius 2 is 2.21 bits per heavy atom. The monoisotopic (exact) mass is 284 g/mol. The number of rotatable bonds is 5. The molecule has 1 rings (SSSR count). The number of terminal acetylenes is 1. The zero-order valence-electron chi connectivity index (χ0n) is 10.9. The Bertz CT molecular complexity index is 585. The maximum absolute atomic E-state index is 12.0. The zero-order valence-corrected chi connectivity index (χ0v) is 11.7. The Morgan fingerprint density at radius 3 is 2.74 bits per heavy atom. The van der Waals surface area contributed by atoms with Gasteiger partial charge in [-0.2, -0.15) is 4.68 Å². The van der Waals surface area contributed by atoms with Crippen LogP contribution in [-0.4, -0.2) is 53.0 Å². The van der Waals surface area contributed by atoms with Crippen LogP contribution in [0.2, 0.25) is 0 Å². The Hall–Kier alpha value is -1.88. The average Bonchev–Trinajstić information content (AvgIpc) is 2.88. The minimum Gasteiger partial charge on any atom is -0.312 e. The molecule has 0 aliphatic heterocycles. The summed E-state index contributed by atoms with van der Waals surface area (Å²) in [6.07, 6.45) is 7.01. The molecule has 1 amide bonds. The highest BCUT2D eigenvalue weighted by Crippen LogP contribution is 2.04. The third kappa shape index (κ3) is 3.54.